The third kappa shape index (κ3) is 1.94. The van der Waals surface area contributed by atoms with Crippen molar-refractivity contribution in [3.63, 3.8) is 0 Å². The predicted molar refractivity (Wildman–Crippen MR) is 75.3 cm³/mol. The largest absolute Gasteiger partial charge is 0.325 e. The van der Waals surface area contributed by atoms with Crippen molar-refractivity contribution in [3.05, 3.63) is 46.9 Å². The fraction of sp³-hybridized carbons (Fsp3) is 0.231. The highest BCUT2D eigenvalue weighted by atomic mass is 32.2. The summed E-state index contributed by atoms with van der Waals surface area (Å²) in [5.41, 5.74) is 2.30. The quantitative estimate of drug-likeness (QED) is 0.858. The molecule has 1 aromatic heterocycles. The maximum atomic E-state index is 13.2. The molecule has 2 aliphatic heterocycles. The molecule has 21 heavy (non-hydrogen) atoms. The van der Waals surface area contributed by atoms with E-state index in [9.17, 15) is 9.18 Å². The van der Waals surface area contributed by atoms with Crippen molar-refractivity contribution in [2.24, 2.45) is 0 Å². The number of tetrazole rings is 1. The molecule has 1 aromatic carbocycles. The fourth-order valence-electron chi connectivity index (χ4n) is 2.65. The number of thioether (sulfide) groups is 1. The molecular formula is C13H10FN5OS. The topological polar surface area (TPSA) is 72.7 Å². The second-order valence-corrected chi connectivity index (χ2v) is 5.82. The first-order valence-electron chi connectivity index (χ1n) is 6.38. The van der Waals surface area contributed by atoms with Gasteiger partial charge in [0.05, 0.1) is 5.75 Å². The Hall–Kier alpha value is -2.22. The molecule has 1 N–H and O–H groups in total. The van der Waals surface area contributed by atoms with Gasteiger partial charge in [0.1, 0.15) is 11.9 Å². The van der Waals surface area contributed by atoms with Crippen molar-refractivity contribution in [3.8, 4) is 0 Å². The van der Waals surface area contributed by atoms with Crippen LogP contribution in [0.3, 0.4) is 0 Å². The van der Waals surface area contributed by atoms with E-state index >= 15 is 0 Å². The molecule has 8 heteroatoms. The van der Waals surface area contributed by atoms with Crippen molar-refractivity contribution >= 4 is 23.5 Å². The van der Waals surface area contributed by atoms with Crippen molar-refractivity contribution < 1.29 is 9.18 Å². The molecule has 1 atom stereocenters. The van der Waals surface area contributed by atoms with Gasteiger partial charge in [0.2, 0.25) is 5.95 Å². The van der Waals surface area contributed by atoms with Crippen LogP contribution in [0, 0.1) is 5.82 Å². The number of halogens is 1. The number of nitrogens with one attached hydrogen (secondary N) is 1. The van der Waals surface area contributed by atoms with Gasteiger partial charge in [0.15, 0.2) is 5.78 Å². The number of anilines is 1. The van der Waals surface area contributed by atoms with Crippen LogP contribution < -0.4 is 5.32 Å². The summed E-state index contributed by atoms with van der Waals surface area (Å²) in [4.78, 5) is 12.3. The molecule has 0 fully saturated rings. The zero-order valence-electron chi connectivity index (χ0n) is 10.8. The highest BCUT2D eigenvalue weighted by Gasteiger charge is 2.36. The first kappa shape index (κ1) is 12.5. The molecule has 0 radical (unpaired) electrons. The highest BCUT2D eigenvalue weighted by Crippen LogP contribution is 2.38. The van der Waals surface area contributed by atoms with Gasteiger partial charge in [-0.25, -0.2) is 4.39 Å². The lowest BCUT2D eigenvalue weighted by Crippen LogP contribution is -2.33. The Morgan fingerprint density at radius 3 is 2.90 bits per heavy atom. The number of fused-ring (bicyclic) bond motifs is 1. The second-order valence-electron chi connectivity index (χ2n) is 4.83. The van der Waals surface area contributed by atoms with Gasteiger partial charge in [0, 0.05) is 17.0 Å². The number of allylic oxidation sites excluding steroid dienone is 1. The minimum absolute atomic E-state index is 0.0595. The molecule has 0 spiro atoms. The number of ketones is 1. The number of benzene rings is 1. The third-order valence-electron chi connectivity index (χ3n) is 3.56. The average molecular weight is 303 g/mol. The Balaban J connectivity index is 1.91. The van der Waals surface area contributed by atoms with Crippen LogP contribution >= 0.6 is 11.8 Å². The minimum atomic E-state index is -0.403. The monoisotopic (exact) mass is 303 g/mol. The number of Topliss-reactive ketones (excluding diaryl/α,β-unsaturated/α-hetero) is 1. The maximum Gasteiger partial charge on any atom is 0.248 e. The van der Waals surface area contributed by atoms with Crippen LogP contribution in [0.25, 0.3) is 0 Å². The number of aromatic nitrogens is 4. The van der Waals surface area contributed by atoms with E-state index in [1.165, 1.54) is 12.1 Å². The Labute approximate surface area is 123 Å². The lowest BCUT2D eigenvalue weighted by molar-refractivity contribution is -0.113. The Morgan fingerprint density at radius 1 is 1.29 bits per heavy atom. The molecule has 3 heterocycles. The van der Waals surface area contributed by atoms with E-state index in [4.69, 9.17) is 0 Å². The first-order valence-corrected chi connectivity index (χ1v) is 7.54. The molecule has 0 amide bonds. The Kier molecular flexibility index (Phi) is 2.78. The molecule has 0 bridgehead atoms. The van der Waals surface area contributed by atoms with Gasteiger partial charge in [-0.2, -0.15) is 4.68 Å². The van der Waals surface area contributed by atoms with Crippen LogP contribution in [0.4, 0.5) is 10.3 Å². The number of carbonyl (C=O) groups excluding carboxylic acids is 1. The van der Waals surface area contributed by atoms with E-state index in [0.717, 1.165) is 11.3 Å². The van der Waals surface area contributed by atoms with Gasteiger partial charge in [-0.05, 0) is 28.1 Å². The molecule has 0 aliphatic carbocycles. The maximum absolute atomic E-state index is 13.2. The summed E-state index contributed by atoms with van der Waals surface area (Å²) in [6, 6.07) is 5.68. The molecular weight excluding hydrogens is 293 g/mol. The number of hydrogen-bond donors (Lipinski definition) is 1. The van der Waals surface area contributed by atoms with Crippen LogP contribution in [0.15, 0.2) is 35.5 Å². The SMILES string of the molecule is O=C1CSCC2=C1C(c1ccc(F)cc1)n1nnnc1N2. The minimum Gasteiger partial charge on any atom is -0.325 e. The van der Waals surface area contributed by atoms with Crippen molar-refractivity contribution in [2.75, 3.05) is 16.8 Å². The number of hydrogen-bond acceptors (Lipinski definition) is 6. The summed E-state index contributed by atoms with van der Waals surface area (Å²) < 4.78 is 14.7. The summed E-state index contributed by atoms with van der Waals surface area (Å²) in [5, 5.41) is 14.7. The zero-order valence-corrected chi connectivity index (χ0v) is 11.6. The zero-order chi connectivity index (χ0) is 14.4. The molecule has 6 nitrogen and oxygen atoms in total. The number of carbonyl (C=O) groups is 1. The van der Waals surface area contributed by atoms with Gasteiger partial charge >= 0.3 is 0 Å². The van der Waals surface area contributed by atoms with Gasteiger partial charge < -0.3 is 5.32 Å². The molecule has 106 valence electrons. The molecule has 4 rings (SSSR count). The van der Waals surface area contributed by atoms with E-state index in [-0.39, 0.29) is 11.6 Å². The molecule has 2 aromatic rings. The van der Waals surface area contributed by atoms with E-state index < -0.39 is 6.04 Å². The summed E-state index contributed by atoms with van der Waals surface area (Å²) in [6.07, 6.45) is 0. The summed E-state index contributed by atoms with van der Waals surface area (Å²) >= 11 is 1.56. The van der Waals surface area contributed by atoms with Crippen molar-refractivity contribution in [1.29, 1.82) is 0 Å². The lowest BCUT2D eigenvalue weighted by atomic mass is 9.93. The highest BCUT2D eigenvalue weighted by molar-refractivity contribution is 8.00. The fourth-order valence-corrected chi connectivity index (χ4v) is 3.53. The molecule has 0 saturated heterocycles. The van der Waals surface area contributed by atoms with Gasteiger partial charge in [-0.15, -0.1) is 11.8 Å². The number of rotatable bonds is 1. The van der Waals surface area contributed by atoms with Crippen molar-refractivity contribution in [1.82, 2.24) is 20.2 Å². The Bertz CT molecular complexity index is 754. The van der Waals surface area contributed by atoms with E-state index in [2.05, 4.69) is 20.8 Å². The van der Waals surface area contributed by atoms with Crippen LogP contribution in [0.2, 0.25) is 0 Å². The second kappa shape index (κ2) is 4.66. The summed E-state index contributed by atoms with van der Waals surface area (Å²) in [5.74, 6) is 1.40. The average Bonchev–Trinajstić information content (AvgIpc) is 2.94. The van der Waals surface area contributed by atoms with Gasteiger partial charge in [0.25, 0.3) is 0 Å². The summed E-state index contributed by atoms with van der Waals surface area (Å²) in [6.45, 7) is 0. The normalized spacial score (nSPS) is 20.8. The van der Waals surface area contributed by atoms with Crippen molar-refractivity contribution in [2.45, 2.75) is 6.04 Å². The van der Waals surface area contributed by atoms with E-state index in [1.54, 1.807) is 28.6 Å². The molecule has 1 unspecified atom stereocenters. The summed E-state index contributed by atoms with van der Waals surface area (Å²) in [7, 11) is 0. The van der Waals surface area contributed by atoms with E-state index in [0.29, 0.717) is 23.0 Å². The van der Waals surface area contributed by atoms with Crippen LogP contribution in [0.1, 0.15) is 11.6 Å². The third-order valence-corrected chi connectivity index (χ3v) is 4.52. The Morgan fingerprint density at radius 2 is 2.10 bits per heavy atom. The number of nitrogens with zero attached hydrogens (tertiary/aromatic N) is 4. The molecule has 2 aliphatic rings. The predicted octanol–water partition coefficient (Wildman–Crippen LogP) is 1.40. The van der Waals surface area contributed by atoms with Crippen LogP contribution in [-0.4, -0.2) is 37.5 Å². The van der Waals surface area contributed by atoms with Gasteiger partial charge in [-0.3, -0.25) is 4.79 Å². The van der Waals surface area contributed by atoms with Gasteiger partial charge in [-0.1, -0.05) is 17.2 Å². The lowest BCUT2D eigenvalue weighted by Gasteiger charge is -2.31. The first-order chi connectivity index (χ1) is 10.2. The van der Waals surface area contributed by atoms with E-state index in [1.807, 2.05) is 0 Å². The molecule has 0 saturated carbocycles. The van der Waals surface area contributed by atoms with Crippen LogP contribution in [-0.2, 0) is 4.79 Å². The standard InChI is InChI=1S/C13H10FN5OS/c14-8-3-1-7(2-4-8)12-11-9(5-21-6-10(11)20)15-13-16-17-18-19(12)13/h1-4,12H,5-6H2,(H,15,16,18). The smallest absolute Gasteiger partial charge is 0.248 e. The van der Waals surface area contributed by atoms with Crippen LogP contribution in [0.5, 0.6) is 0 Å².